The topological polar surface area (TPSA) is 85.3 Å². The molecule has 1 fully saturated rings. The van der Waals surface area contributed by atoms with Gasteiger partial charge < -0.3 is 24.2 Å². The van der Waals surface area contributed by atoms with Crippen LogP contribution in [0.3, 0.4) is 0 Å². The number of carbonyl (C=O) groups is 2. The van der Waals surface area contributed by atoms with Gasteiger partial charge in [0.25, 0.3) is 11.7 Å². The Bertz CT molecular complexity index is 1150. The van der Waals surface area contributed by atoms with E-state index in [1.165, 1.54) is 0 Å². The monoisotopic (exact) mass is 449 g/mol. The van der Waals surface area contributed by atoms with Gasteiger partial charge in [0.1, 0.15) is 30.8 Å². The van der Waals surface area contributed by atoms with Crippen LogP contribution in [0.15, 0.2) is 42.0 Å². The van der Waals surface area contributed by atoms with E-state index >= 15 is 0 Å². The minimum atomic E-state index is -0.698. The highest BCUT2D eigenvalue weighted by Gasteiger charge is 2.46. The molecule has 7 nitrogen and oxygen atoms in total. The number of ketones is 1. The Hall–Kier alpha value is -3.48. The van der Waals surface area contributed by atoms with Crippen LogP contribution in [0.1, 0.15) is 49.4 Å². The van der Waals surface area contributed by atoms with Crippen molar-refractivity contribution in [3.63, 3.8) is 0 Å². The summed E-state index contributed by atoms with van der Waals surface area (Å²) in [5.41, 5.74) is 2.28. The molecule has 5 rings (SSSR count). The first kappa shape index (κ1) is 21.4. The normalized spacial score (nSPS) is 22.9. The molecule has 3 aliphatic heterocycles. The fraction of sp³-hybridized carbons (Fsp3) is 0.385. The fourth-order valence-corrected chi connectivity index (χ4v) is 4.74. The van der Waals surface area contributed by atoms with Crippen molar-refractivity contribution in [3.8, 4) is 17.2 Å². The highest BCUT2D eigenvalue weighted by atomic mass is 16.6. The summed E-state index contributed by atoms with van der Waals surface area (Å²) in [6.45, 7) is 5.35. The van der Waals surface area contributed by atoms with Gasteiger partial charge in [0.15, 0.2) is 11.5 Å². The number of nitrogens with zero attached hydrogens (tertiary/aromatic N) is 1. The number of unbranched alkanes of at least 4 members (excludes halogenated alkanes) is 1. The maximum Gasteiger partial charge on any atom is 0.295 e. The first-order valence-electron chi connectivity index (χ1n) is 11.5. The number of aliphatic hydroxyl groups excluding tert-OH is 1. The number of benzene rings is 2. The molecular formula is C26H27NO6. The van der Waals surface area contributed by atoms with Crippen molar-refractivity contribution < 1.29 is 28.9 Å². The van der Waals surface area contributed by atoms with Crippen LogP contribution in [0.4, 0.5) is 0 Å². The van der Waals surface area contributed by atoms with E-state index in [4.69, 9.17) is 14.2 Å². The predicted molar refractivity (Wildman–Crippen MR) is 122 cm³/mol. The third-order valence-electron chi connectivity index (χ3n) is 6.34. The van der Waals surface area contributed by atoms with E-state index in [0.717, 1.165) is 30.6 Å². The summed E-state index contributed by atoms with van der Waals surface area (Å²) in [7, 11) is 0. The third kappa shape index (κ3) is 3.71. The van der Waals surface area contributed by atoms with Gasteiger partial charge in [0, 0.05) is 18.5 Å². The summed E-state index contributed by atoms with van der Waals surface area (Å²) < 4.78 is 17.1. The minimum Gasteiger partial charge on any atom is -0.507 e. The van der Waals surface area contributed by atoms with Crippen LogP contribution in [0.5, 0.6) is 17.2 Å². The highest BCUT2D eigenvalue weighted by molar-refractivity contribution is 6.46. The molecule has 2 unspecified atom stereocenters. The molecule has 0 radical (unpaired) electrons. The molecule has 7 heteroatoms. The lowest BCUT2D eigenvalue weighted by molar-refractivity contribution is -0.139. The van der Waals surface area contributed by atoms with Gasteiger partial charge in [0.05, 0.1) is 11.6 Å². The van der Waals surface area contributed by atoms with Crippen LogP contribution in [-0.2, 0) is 16.0 Å². The molecule has 2 aromatic carbocycles. The summed E-state index contributed by atoms with van der Waals surface area (Å²) in [4.78, 5) is 27.7. The number of Topliss-reactive ketones (excluding diaryl/α,β-unsaturated/α-hetero) is 1. The summed E-state index contributed by atoms with van der Waals surface area (Å²) in [6, 6.07) is 10.1. The standard InChI is InChI=1S/C26H27NO6/c1-3-4-9-27-23(16-5-8-20-21(14-16)32-11-10-31-20)22(25(29)26(27)30)24(28)17-6-7-19-18(13-17)12-15(2)33-19/h5-8,13-15,23,28H,3-4,9-12H2,1-2H3/b24-22-. The molecule has 0 aliphatic carbocycles. The van der Waals surface area contributed by atoms with Gasteiger partial charge in [-0.2, -0.15) is 0 Å². The molecule has 0 aromatic heterocycles. The van der Waals surface area contributed by atoms with Crippen LogP contribution < -0.4 is 14.2 Å². The number of hydrogen-bond acceptors (Lipinski definition) is 6. The van der Waals surface area contributed by atoms with E-state index in [-0.39, 0.29) is 17.4 Å². The summed E-state index contributed by atoms with van der Waals surface area (Å²) in [6.07, 6.45) is 2.42. The quantitative estimate of drug-likeness (QED) is 0.422. The van der Waals surface area contributed by atoms with Crippen LogP contribution in [0.2, 0.25) is 0 Å². The lowest BCUT2D eigenvalue weighted by Crippen LogP contribution is -2.30. The van der Waals surface area contributed by atoms with Crippen molar-refractivity contribution in [2.75, 3.05) is 19.8 Å². The summed E-state index contributed by atoms with van der Waals surface area (Å²) in [5.74, 6) is 0.545. The molecule has 0 saturated carbocycles. The molecule has 1 N–H and O–H groups in total. The number of rotatable bonds is 5. The average molecular weight is 450 g/mol. The first-order chi connectivity index (χ1) is 16.0. The number of ether oxygens (including phenoxy) is 3. The summed E-state index contributed by atoms with van der Waals surface area (Å²) >= 11 is 0. The zero-order chi connectivity index (χ0) is 23.1. The van der Waals surface area contributed by atoms with E-state index in [1.807, 2.05) is 26.0 Å². The number of likely N-dealkylation sites (tertiary alicyclic amines) is 1. The molecule has 2 atom stereocenters. The van der Waals surface area contributed by atoms with Crippen LogP contribution in [0, 0.1) is 0 Å². The van der Waals surface area contributed by atoms with Gasteiger partial charge in [-0.1, -0.05) is 19.4 Å². The zero-order valence-electron chi connectivity index (χ0n) is 18.8. The molecule has 3 heterocycles. The largest absolute Gasteiger partial charge is 0.507 e. The molecule has 33 heavy (non-hydrogen) atoms. The number of carbonyl (C=O) groups excluding carboxylic acids is 2. The fourth-order valence-electron chi connectivity index (χ4n) is 4.74. The number of hydrogen-bond donors (Lipinski definition) is 1. The van der Waals surface area contributed by atoms with Gasteiger partial charge >= 0.3 is 0 Å². The number of fused-ring (bicyclic) bond motifs is 2. The molecule has 172 valence electrons. The second-order valence-corrected chi connectivity index (χ2v) is 8.70. The molecule has 2 aromatic rings. The second kappa shape index (κ2) is 8.46. The zero-order valence-corrected chi connectivity index (χ0v) is 18.8. The Labute approximate surface area is 192 Å². The van der Waals surface area contributed by atoms with E-state index in [0.29, 0.717) is 42.4 Å². The molecule has 0 spiro atoms. The minimum absolute atomic E-state index is 0.0646. The van der Waals surface area contributed by atoms with E-state index in [9.17, 15) is 14.7 Å². The van der Waals surface area contributed by atoms with Gasteiger partial charge in [-0.3, -0.25) is 9.59 Å². The molecular weight excluding hydrogens is 422 g/mol. The van der Waals surface area contributed by atoms with Crippen molar-refractivity contribution in [2.24, 2.45) is 0 Å². The van der Waals surface area contributed by atoms with E-state index < -0.39 is 17.7 Å². The van der Waals surface area contributed by atoms with Crippen LogP contribution in [-0.4, -0.2) is 47.6 Å². The predicted octanol–water partition coefficient (Wildman–Crippen LogP) is 4.00. The van der Waals surface area contributed by atoms with E-state index in [2.05, 4.69) is 0 Å². The Morgan fingerprint density at radius 1 is 1.06 bits per heavy atom. The number of amides is 1. The van der Waals surface area contributed by atoms with E-state index in [1.54, 1.807) is 29.2 Å². The third-order valence-corrected chi connectivity index (χ3v) is 6.34. The molecule has 3 aliphatic rings. The maximum atomic E-state index is 13.2. The van der Waals surface area contributed by atoms with Crippen molar-refractivity contribution in [1.82, 2.24) is 4.90 Å². The van der Waals surface area contributed by atoms with Gasteiger partial charge in [-0.05, 0) is 54.8 Å². The Kier molecular flexibility index (Phi) is 5.48. The Balaban J connectivity index is 1.62. The SMILES string of the molecule is CCCCN1C(=O)C(=O)/C(=C(\O)c2ccc3c(c2)CC(C)O3)C1c1ccc2c(c1)OCCO2. The van der Waals surface area contributed by atoms with Crippen molar-refractivity contribution in [3.05, 3.63) is 58.7 Å². The lowest BCUT2D eigenvalue weighted by Gasteiger charge is -2.27. The molecule has 1 amide bonds. The second-order valence-electron chi connectivity index (χ2n) is 8.70. The van der Waals surface area contributed by atoms with Crippen molar-refractivity contribution in [1.29, 1.82) is 0 Å². The smallest absolute Gasteiger partial charge is 0.295 e. The highest BCUT2D eigenvalue weighted by Crippen LogP contribution is 2.43. The number of aliphatic hydroxyl groups is 1. The van der Waals surface area contributed by atoms with Crippen LogP contribution >= 0.6 is 0 Å². The first-order valence-corrected chi connectivity index (χ1v) is 11.5. The molecule has 1 saturated heterocycles. The molecule has 0 bridgehead atoms. The summed E-state index contributed by atoms with van der Waals surface area (Å²) in [5, 5.41) is 11.3. The van der Waals surface area contributed by atoms with Gasteiger partial charge in [-0.25, -0.2) is 0 Å². The Morgan fingerprint density at radius 3 is 2.61 bits per heavy atom. The van der Waals surface area contributed by atoms with Gasteiger partial charge in [-0.15, -0.1) is 0 Å². The maximum absolute atomic E-state index is 13.2. The average Bonchev–Trinajstić information content (AvgIpc) is 3.32. The lowest BCUT2D eigenvalue weighted by atomic mass is 9.94. The van der Waals surface area contributed by atoms with Gasteiger partial charge in [0.2, 0.25) is 0 Å². The van der Waals surface area contributed by atoms with Crippen molar-refractivity contribution >= 4 is 17.4 Å². The Morgan fingerprint density at radius 2 is 1.82 bits per heavy atom. The van der Waals surface area contributed by atoms with Crippen LogP contribution in [0.25, 0.3) is 5.76 Å². The van der Waals surface area contributed by atoms with Crippen molar-refractivity contribution in [2.45, 2.75) is 45.3 Å².